The van der Waals surface area contributed by atoms with Crippen LogP contribution in [-0.4, -0.2) is 37.1 Å². The van der Waals surface area contributed by atoms with Crippen LogP contribution in [0.1, 0.15) is 49.6 Å². The molecule has 0 N–H and O–H groups in total. The number of ketones is 1. The van der Waals surface area contributed by atoms with Gasteiger partial charge in [0.2, 0.25) is 0 Å². The van der Waals surface area contributed by atoms with Crippen LogP contribution < -0.4 is 0 Å². The van der Waals surface area contributed by atoms with Crippen LogP contribution in [0.4, 0.5) is 0 Å². The highest BCUT2D eigenvalue weighted by atomic mass is 16.6. The maximum absolute atomic E-state index is 12.2. The van der Waals surface area contributed by atoms with Crippen molar-refractivity contribution in [2.45, 2.75) is 52.7 Å². The summed E-state index contributed by atoms with van der Waals surface area (Å²) in [6.45, 7) is 6.88. The third kappa shape index (κ3) is 4.79. The van der Waals surface area contributed by atoms with Gasteiger partial charge in [0.25, 0.3) is 0 Å². The quantitative estimate of drug-likeness (QED) is 0.482. The highest BCUT2D eigenvalue weighted by molar-refractivity contribution is 6.05. The number of rotatable bonds is 6. The maximum atomic E-state index is 12.2. The number of nitrogens with zero attached hydrogens (tertiary/aromatic N) is 4. The van der Waals surface area contributed by atoms with Gasteiger partial charge in [-0.25, -0.2) is 9.97 Å². The van der Waals surface area contributed by atoms with Crippen molar-refractivity contribution in [3.63, 3.8) is 0 Å². The topological polar surface area (TPSA) is 87.0 Å². The molecule has 0 saturated heterocycles. The van der Waals surface area contributed by atoms with Crippen molar-refractivity contribution >= 4 is 22.7 Å². The Kier molecular flexibility index (Phi) is 5.53. The number of carbonyl (C=O) groups excluding carboxylic acids is 2. The number of ether oxygens (including phenoxy) is 1. The lowest BCUT2D eigenvalue weighted by Crippen LogP contribution is -2.26. The molecule has 0 amide bonds. The van der Waals surface area contributed by atoms with E-state index in [4.69, 9.17) is 4.74 Å². The molecule has 2 aromatic heterocycles. The molecule has 0 radical (unpaired) electrons. The Morgan fingerprint density at radius 2 is 1.82 bits per heavy atom. The Morgan fingerprint density at radius 1 is 1.11 bits per heavy atom. The summed E-state index contributed by atoms with van der Waals surface area (Å²) in [7, 11) is 0. The van der Waals surface area contributed by atoms with Gasteiger partial charge in [0.1, 0.15) is 23.7 Å². The lowest BCUT2D eigenvalue weighted by Gasteiger charge is -2.19. The van der Waals surface area contributed by atoms with Gasteiger partial charge in [0.05, 0.1) is 5.52 Å². The molecule has 2 heterocycles. The Balaban J connectivity index is 1.86. The van der Waals surface area contributed by atoms with E-state index in [1.54, 1.807) is 18.5 Å². The van der Waals surface area contributed by atoms with Crippen LogP contribution in [0.3, 0.4) is 0 Å². The molecule has 7 heteroatoms. The van der Waals surface area contributed by atoms with Crippen molar-refractivity contribution in [2.75, 3.05) is 0 Å². The van der Waals surface area contributed by atoms with E-state index in [1.165, 1.54) is 11.6 Å². The number of hydrogen-bond acceptors (Lipinski definition) is 6. The first-order valence-corrected chi connectivity index (χ1v) is 9.21. The molecule has 0 aliphatic rings. The highest BCUT2D eigenvalue weighted by Gasteiger charge is 2.20. The monoisotopic (exact) mass is 380 g/mol. The summed E-state index contributed by atoms with van der Waals surface area (Å²) in [4.78, 5) is 32.7. The van der Waals surface area contributed by atoms with E-state index in [-0.39, 0.29) is 12.3 Å². The Morgan fingerprint density at radius 3 is 2.46 bits per heavy atom. The molecule has 0 spiro atoms. The number of esters is 1. The van der Waals surface area contributed by atoms with Crippen LogP contribution in [0, 0.1) is 0 Å². The number of carbonyl (C=O) groups is 2. The van der Waals surface area contributed by atoms with Crippen molar-refractivity contribution in [3.8, 4) is 0 Å². The van der Waals surface area contributed by atoms with Crippen LogP contribution in [-0.2, 0) is 28.9 Å². The molecular weight excluding hydrogens is 356 g/mol. The number of aryl methyl sites for hydroxylation is 2. The number of aromatic nitrogens is 4. The molecule has 0 atom stereocenters. The molecule has 7 nitrogen and oxygen atoms in total. The van der Waals surface area contributed by atoms with Crippen molar-refractivity contribution in [1.82, 2.24) is 19.7 Å². The van der Waals surface area contributed by atoms with Crippen LogP contribution in [0.2, 0.25) is 0 Å². The normalized spacial score (nSPS) is 11.6. The van der Waals surface area contributed by atoms with Crippen molar-refractivity contribution in [1.29, 1.82) is 0 Å². The molecule has 0 fully saturated rings. The fourth-order valence-corrected chi connectivity index (χ4v) is 2.97. The molecule has 146 valence electrons. The molecule has 1 aromatic carbocycles. The number of hydrogen-bond donors (Lipinski definition) is 0. The third-order valence-electron chi connectivity index (χ3n) is 4.10. The van der Waals surface area contributed by atoms with E-state index in [2.05, 4.69) is 15.1 Å². The minimum atomic E-state index is -0.573. The first-order valence-electron chi connectivity index (χ1n) is 9.21. The second-order valence-corrected chi connectivity index (χ2v) is 7.67. The van der Waals surface area contributed by atoms with E-state index < -0.39 is 11.6 Å². The molecular formula is C21H24N4O3. The second kappa shape index (κ2) is 7.88. The summed E-state index contributed by atoms with van der Waals surface area (Å²) in [5.74, 6) is 0.240. The number of benzene rings is 1. The zero-order valence-electron chi connectivity index (χ0n) is 16.6. The molecule has 3 aromatic rings. The predicted octanol–water partition coefficient (Wildman–Crippen LogP) is 3.16. The van der Waals surface area contributed by atoms with Crippen LogP contribution in [0.25, 0.3) is 10.9 Å². The van der Waals surface area contributed by atoms with Crippen molar-refractivity contribution in [3.05, 3.63) is 53.7 Å². The Hall–Kier alpha value is -3.09. The highest BCUT2D eigenvalue weighted by Crippen LogP contribution is 2.22. The molecule has 0 unspecified atom stereocenters. The molecule has 28 heavy (non-hydrogen) atoms. The molecule has 3 rings (SSSR count). The van der Waals surface area contributed by atoms with E-state index in [0.717, 1.165) is 28.7 Å². The third-order valence-corrected chi connectivity index (χ3v) is 4.10. The maximum Gasteiger partial charge on any atom is 0.328 e. The SMILES string of the molecule is CC(=O)c1nn(CC(=O)OC(C)(C)C)c2ccc(CCc3ncccn3)cc12. The van der Waals surface area contributed by atoms with Crippen molar-refractivity contribution < 1.29 is 14.3 Å². The van der Waals surface area contributed by atoms with Gasteiger partial charge in [-0.15, -0.1) is 0 Å². The molecule has 0 saturated carbocycles. The van der Waals surface area contributed by atoms with Gasteiger partial charge in [-0.05, 0) is 51.0 Å². The smallest absolute Gasteiger partial charge is 0.328 e. The van der Waals surface area contributed by atoms with Gasteiger partial charge >= 0.3 is 5.97 Å². The fraction of sp³-hybridized carbons (Fsp3) is 0.381. The van der Waals surface area contributed by atoms with E-state index in [9.17, 15) is 9.59 Å². The van der Waals surface area contributed by atoms with Crippen LogP contribution >= 0.6 is 0 Å². The van der Waals surface area contributed by atoms with Gasteiger partial charge in [0.15, 0.2) is 5.78 Å². The van der Waals surface area contributed by atoms with E-state index in [1.807, 2.05) is 39.0 Å². The summed E-state index contributed by atoms with van der Waals surface area (Å²) in [6, 6.07) is 7.60. The fourth-order valence-electron chi connectivity index (χ4n) is 2.97. The summed E-state index contributed by atoms with van der Waals surface area (Å²) in [5.41, 5.74) is 1.57. The van der Waals surface area contributed by atoms with Gasteiger partial charge in [-0.1, -0.05) is 6.07 Å². The van der Waals surface area contributed by atoms with E-state index in [0.29, 0.717) is 12.1 Å². The van der Waals surface area contributed by atoms with Crippen LogP contribution in [0.5, 0.6) is 0 Å². The summed E-state index contributed by atoms with van der Waals surface area (Å²) < 4.78 is 6.90. The number of fused-ring (bicyclic) bond motifs is 1. The Labute approximate surface area is 163 Å². The number of Topliss-reactive ketones (excluding diaryl/α,β-unsaturated/α-hetero) is 1. The summed E-state index contributed by atoms with van der Waals surface area (Å²) in [6.07, 6.45) is 4.89. The first-order chi connectivity index (χ1) is 13.2. The zero-order chi connectivity index (χ0) is 20.3. The van der Waals surface area contributed by atoms with Gasteiger partial charge < -0.3 is 4.74 Å². The largest absolute Gasteiger partial charge is 0.459 e. The summed E-state index contributed by atoms with van der Waals surface area (Å²) in [5, 5.41) is 5.10. The second-order valence-electron chi connectivity index (χ2n) is 7.67. The lowest BCUT2D eigenvalue weighted by molar-refractivity contribution is -0.155. The standard InChI is InChI=1S/C21H24N4O3/c1-14(26)20-16-12-15(7-9-18-22-10-5-11-23-18)6-8-17(16)25(24-20)13-19(27)28-21(2,3)4/h5-6,8,10-12H,7,9,13H2,1-4H3. The molecule has 0 bridgehead atoms. The van der Waals surface area contributed by atoms with Crippen molar-refractivity contribution in [2.24, 2.45) is 0 Å². The van der Waals surface area contributed by atoms with Gasteiger partial charge in [-0.3, -0.25) is 14.3 Å². The Bertz CT molecular complexity index is 1000. The van der Waals surface area contributed by atoms with E-state index >= 15 is 0 Å². The average molecular weight is 380 g/mol. The molecule has 0 aliphatic heterocycles. The predicted molar refractivity (Wildman–Crippen MR) is 105 cm³/mol. The van der Waals surface area contributed by atoms with Gasteiger partial charge in [0, 0.05) is 31.1 Å². The first kappa shape index (κ1) is 19.7. The summed E-state index contributed by atoms with van der Waals surface area (Å²) >= 11 is 0. The van der Waals surface area contributed by atoms with Crippen LogP contribution in [0.15, 0.2) is 36.7 Å². The minimum Gasteiger partial charge on any atom is -0.459 e. The lowest BCUT2D eigenvalue weighted by atomic mass is 10.0. The average Bonchev–Trinajstić information content (AvgIpc) is 2.97. The van der Waals surface area contributed by atoms with Gasteiger partial charge in [-0.2, -0.15) is 5.10 Å². The zero-order valence-corrected chi connectivity index (χ0v) is 16.6. The minimum absolute atomic E-state index is 0.0434. The molecule has 0 aliphatic carbocycles.